The van der Waals surface area contributed by atoms with E-state index in [4.69, 9.17) is 13.9 Å². The van der Waals surface area contributed by atoms with Crippen LogP contribution in [0.25, 0.3) is 0 Å². The minimum absolute atomic E-state index is 0.000233. The minimum Gasteiger partial charge on any atom is -0.465 e. The highest BCUT2D eigenvalue weighted by Crippen LogP contribution is 2.33. The lowest BCUT2D eigenvalue weighted by atomic mass is 10.2. The molecular formula is C19H24O3S. The zero-order chi connectivity index (χ0) is 15.9. The van der Waals surface area contributed by atoms with E-state index in [2.05, 4.69) is 30.3 Å². The Morgan fingerprint density at radius 2 is 2.09 bits per heavy atom. The Bertz CT molecular complexity index is 588. The predicted octanol–water partition coefficient (Wildman–Crippen LogP) is 5.22. The van der Waals surface area contributed by atoms with E-state index in [1.165, 1.54) is 16.2 Å². The van der Waals surface area contributed by atoms with Gasteiger partial charge in [-0.15, -0.1) is 0 Å². The van der Waals surface area contributed by atoms with Gasteiger partial charge in [-0.25, -0.2) is 0 Å². The van der Waals surface area contributed by atoms with E-state index in [1.54, 1.807) is 11.8 Å². The smallest absolute Gasteiger partial charge is 0.157 e. The molecule has 3 nitrogen and oxygen atoms in total. The van der Waals surface area contributed by atoms with Crippen molar-refractivity contribution in [1.29, 1.82) is 0 Å². The van der Waals surface area contributed by atoms with Gasteiger partial charge in [-0.3, -0.25) is 0 Å². The average Bonchev–Trinajstić information content (AvgIpc) is 2.93. The van der Waals surface area contributed by atoms with Crippen molar-refractivity contribution in [1.82, 2.24) is 0 Å². The molecule has 0 radical (unpaired) electrons. The summed E-state index contributed by atoms with van der Waals surface area (Å²) in [7, 11) is 0. The molecule has 4 heteroatoms. The van der Waals surface area contributed by atoms with Gasteiger partial charge < -0.3 is 13.9 Å². The van der Waals surface area contributed by atoms with E-state index in [9.17, 15) is 0 Å². The van der Waals surface area contributed by atoms with Crippen LogP contribution in [0.3, 0.4) is 0 Å². The molecule has 1 unspecified atom stereocenters. The first kappa shape index (κ1) is 16.6. The lowest BCUT2D eigenvalue weighted by molar-refractivity contribution is -0.162. The van der Waals surface area contributed by atoms with Crippen LogP contribution in [0.2, 0.25) is 0 Å². The highest BCUT2D eigenvalue weighted by Gasteiger charge is 2.14. The van der Waals surface area contributed by atoms with Gasteiger partial charge in [0, 0.05) is 17.9 Å². The van der Waals surface area contributed by atoms with Gasteiger partial charge in [0.1, 0.15) is 11.5 Å². The van der Waals surface area contributed by atoms with Crippen molar-refractivity contribution < 1.29 is 13.9 Å². The number of hydrogen-bond donors (Lipinski definition) is 0. The molecule has 2 aromatic rings. The Kier molecular flexibility index (Phi) is 6.20. The second-order valence-corrected chi connectivity index (χ2v) is 6.95. The highest BCUT2D eigenvalue weighted by molar-refractivity contribution is 7.99. The van der Waals surface area contributed by atoms with Gasteiger partial charge in [0.05, 0.1) is 11.5 Å². The van der Waals surface area contributed by atoms with Gasteiger partial charge in [-0.1, -0.05) is 30.0 Å². The Morgan fingerprint density at radius 3 is 2.87 bits per heavy atom. The molecule has 0 spiro atoms. The molecule has 1 aromatic heterocycles. The summed E-state index contributed by atoms with van der Waals surface area (Å²) in [5, 5.41) is 0. The molecule has 1 aliphatic heterocycles. The quantitative estimate of drug-likeness (QED) is 0.651. The van der Waals surface area contributed by atoms with Gasteiger partial charge >= 0.3 is 0 Å². The predicted molar refractivity (Wildman–Crippen MR) is 91.9 cm³/mol. The van der Waals surface area contributed by atoms with Crippen LogP contribution in [0, 0.1) is 6.92 Å². The normalized spacial score (nSPS) is 18.2. The average molecular weight is 332 g/mol. The van der Waals surface area contributed by atoms with Gasteiger partial charge in [0.2, 0.25) is 0 Å². The maximum absolute atomic E-state index is 5.87. The van der Waals surface area contributed by atoms with Crippen molar-refractivity contribution in [3.63, 3.8) is 0 Å². The summed E-state index contributed by atoms with van der Waals surface area (Å²) in [4.78, 5) is 2.45. The summed E-state index contributed by atoms with van der Waals surface area (Å²) in [6, 6.07) is 12.5. The third-order valence-corrected chi connectivity index (χ3v) is 4.93. The van der Waals surface area contributed by atoms with Crippen molar-refractivity contribution in [2.24, 2.45) is 0 Å². The van der Waals surface area contributed by atoms with Crippen molar-refractivity contribution >= 4 is 11.8 Å². The number of aryl methyl sites for hydroxylation is 2. The second kappa shape index (κ2) is 8.57. The summed E-state index contributed by atoms with van der Waals surface area (Å²) in [5.41, 5.74) is 0. The Balaban J connectivity index is 1.49. The first-order chi connectivity index (χ1) is 11.3. The number of rotatable bonds is 7. The molecule has 3 rings (SSSR count). The number of furan rings is 1. The van der Waals surface area contributed by atoms with Crippen LogP contribution in [0.15, 0.2) is 50.6 Å². The van der Waals surface area contributed by atoms with Crippen molar-refractivity contribution in [3.05, 3.63) is 47.9 Å². The number of hydrogen-bond acceptors (Lipinski definition) is 4. The van der Waals surface area contributed by atoms with Crippen LogP contribution < -0.4 is 0 Å². The van der Waals surface area contributed by atoms with Crippen LogP contribution in [0.5, 0.6) is 0 Å². The van der Waals surface area contributed by atoms with E-state index < -0.39 is 0 Å². The Labute approximate surface area is 142 Å². The van der Waals surface area contributed by atoms with E-state index in [-0.39, 0.29) is 6.29 Å². The lowest BCUT2D eigenvalue weighted by Gasteiger charge is -2.22. The molecule has 0 bridgehead atoms. The minimum atomic E-state index is 0.000233. The maximum atomic E-state index is 5.87. The van der Waals surface area contributed by atoms with Gasteiger partial charge in [0.25, 0.3) is 0 Å². The fourth-order valence-electron chi connectivity index (χ4n) is 2.71. The number of benzene rings is 1. The molecular weight excluding hydrogens is 308 g/mol. The van der Waals surface area contributed by atoms with Crippen LogP contribution in [0.1, 0.15) is 37.2 Å². The SMILES string of the molecule is Cc1cc(Sc2ccccc2)c(CCCOC2CCCCO2)o1. The molecule has 23 heavy (non-hydrogen) atoms. The standard InChI is InChI=1S/C19H24O3S/c1-15-14-18(23-16-8-3-2-4-9-16)17(22-15)10-7-13-21-19-11-5-6-12-20-19/h2-4,8-9,14,19H,5-7,10-13H2,1H3. The molecule has 1 saturated heterocycles. The molecule has 0 saturated carbocycles. The van der Waals surface area contributed by atoms with Crippen molar-refractivity contribution in [2.75, 3.05) is 13.2 Å². The second-order valence-electron chi connectivity index (χ2n) is 5.83. The third kappa shape index (κ3) is 5.13. The van der Waals surface area contributed by atoms with Crippen molar-refractivity contribution in [2.45, 2.75) is 55.1 Å². The maximum Gasteiger partial charge on any atom is 0.157 e. The molecule has 0 N–H and O–H groups in total. The van der Waals surface area contributed by atoms with Crippen molar-refractivity contribution in [3.8, 4) is 0 Å². The van der Waals surface area contributed by atoms with E-state index in [0.29, 0.717) is 0 Å². The summed E-state index contributed by atoms with van der Waals surface area (Å²) >= 11 is 1.76. The fourth-order valence-corrected chi connectivity index (χ4v) is 3.74. The third-order valence-electron chi connectivity index (χ3n) is 3.85. The zero-order valence-corrected chi connectivity index (χ0v) is 14.4. The summed E-state index contributed by atoms with van der Waals surface area (Å²) in [6.07, 6.45) is 5.24. The van der Waals surface area contributed by atoms with Gasteiger partial charge in [0.15, 0.2) is 6.29 Å². The van der Waals surface area contributed by atoms with Crippen LogP contribution in [-0.4, -0.2) is 19.5 Å². The fraction of sp³-hybridized carbons (Fsp3) is 0.474. The molecule has 0 aliphatic carbocycles. The molecule has 1 aromatic carbocycles. The highest BCUT2D eigenvalue weighted by atomic mass is 32.2. The van der Waals surface area contributed by atoms with Crippen LogP contribution in [-0.2, 0) is 15.9 Å². The Morgan fingerprint density at radius 1 is 1.22 bits per heavy atom. The first-order valence-electron chi connectivity index (χ1n) is 8.37. The van der Waals surface area contributed by atoms with Gasteiger partial charge in [-0.05, 0) is 50.8 Å². The summed E-state index contributed by atoms with van der Waals surface area (Å²) in [6.45, 7) is 3.56. The zero-order valence-electron chi connectivity index (χ0n) is 13.6. The molecule has 1 fully saturated rings. The molecule has 124 valence electrons. The molecule has 0 amide bonds. The molecule has 2 heterocycles. The topological polar surface area (TPSA) is 31.6 Å². The monoisotopic (exact) mass is 332 g/mol. The molecule has 1 aliphatic rings. The van der Waals surface area contributed by atoms with E-state index >= 15 is 0 Å². The molecule has 1 atom stereocenters. The number of ether oxygens (including phenoxy) is 2. The van der Waals surface area contributed by atoms with Crippen LogP contribution >= 0.6 is 11.8 Å². The van der Waals surface area contributed by atoms with E-state index in [1.807, 2.05) is 13.0 Å². The first-order valence-corrected chi connectivity index (χ1v) is 9.18. The van der Waals surface area contributed by atoms with E-state index in [0.717, 1.165) is 50.4 Å². The summed E-state index contributed by atoms with van der Waals surface area (Å²) < 4.78 is 17.3. The largest absolute Gasteiger partial charge is 0.465 e. The Hall–Kier alpha value is -1.23. The van der Waals surface area contributed by atoms with Crippen LogP contribution in [0.4, 0.5) is 0 Å². The summed E-state index contributed by atoms with van der Waals surface area (Å²) in [5.74, 6) is 2.03. The lowest BCUT2D eigenvalue weighted by Crippen LogP contribution is -2.22. The van der Waals surface area contributed by atoms with Gasteiger partial charge in [-0.2, -0.15) is 0 Å².